The zero-order valence-corrected chi connectivity index (χ0v) is 19.0. The van der Waals surface area contributed by atoms with Gasteiger partial charge in [0.2, 0.25) is 0 Å². The summed E-state index contributed by atoms with van der Waals surface area (Å²) in [4.78, 5) is 0. The molecule has 0 aliphatic carbocycles. The zero-order chi connectivity index (χ0) is 19.6. The van der Waals surface area contributed by atoms with Crippen molar-refractivity contribution in [3.63, 3.8) is 0 Å². The molecule has 0 fully saturated rings. The van der Waals surface area contributed by atoms with E-state index in [0.717, 1.165) is 6.42 Å². The molecule has 0 unspecified atom stereocenters. The lowest BCUT2D eigenvalue weighted by Gasteiger charge is -2.04. The predicted molar refractivity (Wildman–Crippen MR) is 119 cm³/mol. The molecule has 0 aliphatic rings. The van der Waals surface area contributed by atoms with Crippen LogP contribution in [0.25, 0.3) is 0 Å². The Labute approximate surface area is 170 Å². The quantitative estimate of drug-likeness (QED) is 0.174. The van der Waals surface area contributed by atoms with Gasteiger partial charge in [0.05, 0.1) is 13.6 Å². The Balaban J connectivity index is 1.78. The number of unbranched alkanes of at least 4 members (excludes halogenated alkanes) is 16. The van der Waals surface area contributed by atoms with Crippen LogP contribution in [-0.4, -0.2) is 4.57 Å². The van der Waals surface area contributed by atoms with E-state index in [4.69, 9.17) is 0 Å². The highest BCUT2D eigenvalue weighted by atomic mass is 15.1. The number of imidazole rings is 1. The number of aromatic nitrogens is 2. The van der Waals surface area contributed by atoms with E-state index in [9.17, 15) is 0 Å². The van der Waals surface area contributed by atoms with Crippen LogP contribution in [0.4, 0.5) is 0 Å². The minimum atomic E-state index is 1.13. The monoisotopic (exact) mass is 377 g/mol. The number of nitrogens with zero attached hydrogens (tertiary/aromatic N) is 2. The molecule has 2 heteroatoms. The van der Waals surface area contributed by atoms with E-state index >= 15 is 0 Å². The minimum Gasteiger partial charge on any atom is -0.237 e. The molecule has 1 rings (SSSR count). The number of aryl methyl sites for hydroxylation is 2. The Hall–Kier alpha value is -0.790. The second-order valence-electron chi connectivity index (χ2n) is 8.53. The Morgan fingerprint density at radius 1 is 0.630 bits per heavy atom. The van der Waals surface area contributed by atoms with Crippen molar-refractivity contribution in [2.75, 3.05) is 0 Å². The van der Waals surface area contributed by atoms with E-state index in [-0.39, 0.29) is 0 Å². The summed E-state index contributed by atoms with van der Waals surface area (Å²) in [5.74, 6) is 1.45. The number of hydrogen-bond acceptors (Lipinski definition) is 0. The molecule has 0 aromatic carbocycles. The van der Waals surface area contributed by atoms with Crippen LogP contribution in [-0.2, 0) is 20.0 Å². The third-order valence-electron chi connectivity index (χ3n) is 6.03. The number of rotatable bonds is 19. The molecule has 0 atom stereocenters. The van der Waals surface area contributed by atoms with Crippen molar-refractivity contribution in [3.05, 3.63) is 18.2 Å². The standard InChI is InChI=1S/C25H49N2/c1-4-6-7-8-9-10-11-12-13-14-15-16-17-18-19-20-21-22-27-24-23-26(3)25(27)5-2/h23-24H,4-22H2,1-3H3/q+1. The van der Waals surface area contributed by atoms with Gasteiger partial charge in [-0.15, -0.1) is 0 Å². The lowest BCUT2D eigenvalue weighted by molar-refractivity contribution is -0.678. The molecule has 1 heterocycles. The van der Waals surface area contributed by atoms with Crippen molar-refractivity contribution in [3.8, 4) is 0 Å². The normalized spacial score (nSPS) is 11.4. The molecule has 27 heavy (non-hydrogen) atoms. The first-order chi connectivity index (χ1) is 13.3. The van der Waals surface area contributed by atoms with E-state index in [2.05, 4.69) is 42.4 Å². The summed E-state index contributed by atoms with van der Waals surface area (Å²) >= 11 is 0. The van der Waals surface area contributed by atoms with E-state index in [0.29, 0.717) is 0 Å². The third kappa shape index (κ3) is 12.3. The Morgan fingerprint density at radius 2 is 1.04 bits per heavy atom. The summed E-state index contributed by atoms with van der Waals surface area (Å²) in [6, 6.07) is 0. The highest BCUT2D eigenvalue weighted by Gasteiger charge is 2.10. The van der Waals surface area contributed by atoms with Crippen LogP contribution in [0.2, 0.25) is 0 Å². The molecule has 0 N–H and O–H groups in total. The van der Waals surface area contributed by atoms with Crippen molar-refractivity contribution >= 4 is 0 Å². The van der Waals surface area contributed by atoms with Crippen molar-refractivity contribution in [2.24, 2.45) is 7.05 Å². The lowest BCUT2D eigenvalue weighted by Crippen LogP contribution is -2.31. The van der Waals surface area contributed by atoms with Crippen molar-refractivity contribution in [2.45, 2.75) is 136 Å². The van der Waals surface area contributed by atoms with Crippen LogP contribution < -0.4 is 4.57 Å². The van der Waals surface area contributed by atoms with E-state index in [1.807, 2.05) is 0 Å². The van der Waals surface area contributed by atoms with Crippen LogP contribution in [0.15, 0.2) is 12.4 Å². The fourth-order valence-electron chi connectivity index (χ4n) is 4.22. The summed E-state index contributed by atoms with van der Waals surface area (Å²) in [5.41, 5.74) is 0. The van der Waals surface area contributed by atoms with Gasteiger partial charge in [-0.05, 0) is 12.8 Å². The van der Waals surface area contributed by atoms with Gasteiger partial charge in [0, 0.05) is 6.42 Å². The average Bonchev–Trinajstić information content (AvgIpc) is 3.03. The van der Waals surface area contributed by atoms with Crippen molar-refractivity contribution in [1.82, 2.24) is 4.57 Å². The summed E-state index contributed by atoms with van der Waals surface area (Å²) in [6.07, 6.45) is 30.1. The second-order valence-corrected chi connectivity index (χ2v) is 8.53. The van der Waals surface area contributed by atoms with Gasteiger partial charge in [-0.3, -0.25) is 0 Å². The molecular weight excluding hydrogens is 328 g/mol. The Morgan fingerprint density at radius 3 is 1.44 bits per heavy atom. The van der Waals surface area contributed by atoms with Crippen LogP contribution in [0.3, 0.4) is 0 Å². The SMILES string of the molecule is CCCCCCCCCCCCCCCCCCCn1cc[n+](C)c1CC. The van der Waals surface area contributed by atoms with Crippen molar-refractivity contribution < 1.29 is 4.57 Å². The first kappa shape index (κ1) is 24.2. The average molecular weight is 378 g/mol. The molecule has 1 aromatic rings. The zero-order valence-electron chi connectivity index (χ0n) is 19.0. The highest BCUT2D eigenvalue weighted by Crippen LogP contribution is 2.14. The van der Waals surface area contributed by atoms with Gasteiger partial charge in [0.1, 0.15) is 12.4 Å². The Kier molecular flexibility index (Phi) is 15.6. The first-order valence-corrected chi connectivity index (χ1v) is 12.3. The van der Waals surface area contributed by atoms with Gasteiger partial charge >= 0.3 is 0 Å². The van der Waals surface area contributed by atoms with Gasteiger partial charge in [-0.1, -0.05) is 110 Å². The van der Waals surface area contributed by atoms with E-state index in [1.54, 1.807) is 0 Å². The van der Waals surface area contributed by atoms with Gasteiger partial charge in [-0.25, -0.2) is 9.13 Å². The van der Waals surface area contributed by atoms with E-state index in [1.165, 1.54) is 122 Å². The predicted octanol–water partition coefficient (Wildman–Crippen LogP) is 7.53. The van der Waals surface area contributed by atoms with Crippen LogP contribution in [0, 0.1) is 0 Å². The Bertz CT molecular complexity index is 436. The van der Waals surface area contributed by atoms with Gasteiger partial charge in [-0.2, -0.15) is 0 Å². The topological polar surface area (TPSA) is 8.81 Å². The molecule has 0 aliphatic heterocycles. The van der Waals surface area contributed by atoms with Gasteiger partial charge in [0.15, 0.2) is 0 Å². The maximum atomic E-state index is 2.44. The van der Waals surface area contributed by atoms with E-state index < -0.39 is 0 Å². The summed E-state index contributed by atoms with van der Waals surface area (Å²) in [7, 11) is 2.16. The fraction of sp³-hybridized carbons (Fsp3) is 0.880. The minimum absolute atomic E-state index is 1.13. The van der Waals surface area contributed by atoms with Crippen LogP contribution >= 0.6 is 0 Å². The molecule has 1 aromatic heterocycles. The molecule has 0 saturated heterocycles. The molecule has 0 bridgehead atoms. The summed E-state index contributed by atoms with van der Waals surface area (Å²) < 4.78 is 4.69. The van der Waals surface area contributed by atoms with Crippen LogP contribution in [0.1, 0.15) is 129 Å². The van der Waals surface area contributed by atoms with Crippen LogP contribution in [0.5, 0.6) is 0 Å². The van der Waals surface area contributed by atoms with Gasteiger partial charge in [0.25, 0.3) is 5.82 Å². The smallest absolute Gasteiger partial charge is 0.237 e. The maximum absolute atomic E-state index is 2.44. The highest BCUT2D eigenvalue weighted by molar-refractivity contribution is 4.82. The maximum Gasteiger partial charge on any atom is 0.255 e. The largest absolute Gasteiger partial charge is 0.255 e. The molecule has 0 saturated carbocycles. The molecule has 0 radical (unpaired) electrons. The molecule has 158 valence electrons. The summed E-state index contributed by atoms with van der Waals surface area (Å²) in [5, 5.41) is 0. The number of hydrogen-bond donors (Lipinski definition) is 0. The van der Waals surface area contributed by atoms with Crippen molar-refractivity contribution in [1.29, 1.82) is 0 Å². The second kappa shape index (κ2) is 17.3. The third-order valence-corrected chi connectivity index (χ3v) is 6.03. The fourth-order valence-corrected chi connectivity index (χ4v) is 4.22. The molecule has 0 amide bonds. The lowest BCUT2D eigenvalue weighted by atomic mass is 10.0. The molecular formula is C25H49N2+. The first-order valence-electron chi connectivity index (χ1n) is 12.3. The molecule has 0 spiro atoms. The van der Waals surface area contributed by atoms with Gasteiger partial charge < -0.3 is 0 Å². The summed E-state index contributed by atoms with van der Waals surface area (Å²) in [6.45, 7) is 5.75. The molecule has 2 nitrogen and oxygen atoms in total.